The summed E-state index contributed by atoms with van der Waals surface area (Å²) >= 11 is 0. The van der Waals surface area contributed by atoms with Gasteiger partial charge in [0.2, 0.25) is 0 Å². The number of carbonyl (C=O) groups is 1. The lowest BCUT2D eigenvalue weighted by Crippen LogP contribution is -2.31. The number of hydrogen-bond donors (Lipinski definition) is 2. The van der Waals surface area contributed by atoms with E-state index in [-0.39, 0.29) is 5.69 Å². The molecule has 2 rings (SSSR count). The Morgan fingerprint density at radius 3 is 2.91 bits per heavy atom. The average Bonchev–Trinajstić information content (AvgIpc) is 2.54. The molecule has 1 amide bonds. The SMILES string of the molecule is CC#C[C@@H](C)CCCCNC(=O)c1nc2ccccc2[nH]c1=O. The highest BCUT2D eigenvalue weighted by molar-refractivity contribution is 5.93. The number of rotatable bonds is 6. The van der Waals surface area contributed by atoms with E-state index in [9.17, 15) is 9.59 Å². The second kappa shape index (κ2) is 8.14. The highest BCUT2D eigenvalue weighted by Crippen LogP contribution is 2.07. The highest BCUT2D eigenvalue weighted by Gasteiger charge is 2.13. The van der Waals surface area contributed by atoms with E-state index in [2.05, 4.69) is 34.0 Å². The van der Waals surface area contributed by atoms with Gasteiger partial charge in [-0.25, -0.2) is 4.98 Å². The molecule has 0 spiro atoms. The lowest BCUT2D eigenvalue weighted by molar-refractivity contribution is 0.0946. The number of hydrogen-bond acceptors (Lipinski definition) is 3. The quantitative estimate of drug-likeness (QED) is 0.636. The van der Waals surface area contributed by atoms with Crippen LogP contribution in [0.4, 0.5) is 0 Å². The van der Waals surface area contributed by atoms with Crippen LogP contribution in [0.5, 0.6) is 0 Å². The van der Waals surface area contributed by atoms with E-state index in [1.165, 1.54) is 0 Å². The number of aromatic amines is 1. The number of aromatic nitrogens is 2. The summed E-state index contributed by atoms with van der Waals surface area (Å²) in [6.45, 7) is 4.46. The first kappa shape index (κ1) is 16.8. The minimum atomic E-state index is -0.465. The molecular weight excluding hydrogens is 290 g/mol. The van der Waals surface area contributed by atoms with Crippen LogP contribution in [-0.4, -0.2) is 22.4 Å². The van der Waals surface area contributed by atoms with Crippen LogP contribution in [0.2, 0.25) is 0 Å². The summed E-state index contributed by atoms with van der Waals surface area (Å²) in [5.74, 6) is 5.95. The Morgan fingerprint density at radius 1 is 1.35 bits per heavy atom. The third-order valence-electron chi connectivity index (χ3n) is 3.55. The fraction of sp³-hybridized carbons (Fsp3) is 0.389. The Morgan fingerprint density at radius 2 is 2.13 bits per heavy atom. The molecule has 0 radical (unpaired) electrons. The van der Waals surface area contributed by atoms with Gasteiger partial charge in [-0.3, -0.25) is 9.59 Å². The lowest BCUT2D eigenvalue weighted by Gasteiger charge is -2.06. The Bertz CT molecular complexity index is 799. The monoisotopic (exact) mass is 311 g/mol. The molecule has 0 saturated heterocycles. The first-order valence-electron chi connectivity index (χ1n) is 7.81. The fourth-order valence-electron chi connectivity index (χ4n) is 2.36. The molecule has 0 aliphatic heterocycles. The average molecular weight is 311 g/mol. The van der Waals surface area contributed by atoms with E-state index in [4.69, 9.17) is 0 Å². The number of nitrogens with zero attached hydrogens (tertiary/aromatic N) is 1. The molecule has 0 unspecified atom stereocenters. The minimum absolute atomic E-state index is 0.0890. The Balaban J connectivity index is 1.89. The topological polar surface area (TPSA) is 74.8 Å². The van der Waals surface area contributed by atoms with Gasteiger partial charge in [0.1, 0.15) is 0 Å². The van der Waals surface area contributed by atoms with E-state index >= 15 is 0 Å². The van der Waals surface area contributed by atoms with Crippen molar-refractivity contribution in [3.8, 4) is 11.8 Å². The van der Waals surface area contributed by atoms with Gasteiger partial charge in [-0.2, -0.15) is 0 Å². The van der Waals surface area contributed by atoms with Crippen LogP contribution in [0.15, 0.2) is 29.1 Å². The van der Waals surface area contributed by atoms with E-state index in [0.29, 0.717) is 23.5 Å². The van der Waals surface area contributed by atoms with Crippen LogP contribution in [0.3, 0.4) is 0 Å². The van der Waals surface area contributed by atoms with Gasteiger partial charge in [0.25, 0.3) is 11.5 Å². The Labute approximate surface area is 135 Å². The molecule has 2 N–H and O–H groups in total. The van der Waals surface area contributed by atoms with Gasteiger partial charge < -0.3 is 10.3 Å². The number of amides is 1. The zero-order valence-electron chi connectivity index (χ0n) is 13.5. The second-order valence-electron chi connectivity index (χ2n) is 5.48. The second-order valence-corrected chi connectivity index (χ2v) is 5.48. The first-order valence-corrected chi connectivity index (χ1v) is 7.81. The van der Waals surface area contributed by atoms with E-state index < -0.39 is 11.5 Å². The van der Waals surface area contributed by atoms with Crippen molar-refractivity contribution in [1.82, 2.24) is 15.3 Å². The maximum atomic E-state index is 12.1. The molecule has 120 valence electrons. The minimum Gasteiger partial charge on any atom is -0.351 e. The normalized spacial score (nSPS) is 11.6. The smallest absolute Gasteiger partial charge is 0.280 e. The van der Waals surface area contributed by atoms with Gasteiger partial charge >= 0.3 is 0 Å². The Hall–Kier alpha value is -2.61. The van der Waals surface area contributed by atoms with Crippen LogP contribution in [-0.2, 0) is 0 Å². The van der Waals surface area contributed by atoms with E-state index in [1.54, 1.807) is 12.1 Å². The zero-order chi connectivity index (χ0) is 16.7. The largest absolute Gasteiger partial charge is 0.351 e. The number of fused-ring (bicyclic) bond motifs is 1. The molecule has 0 saturated carbocycles. The number of benzene rings is 1. The summed E-state index contributed by atoms with van der Waals surface area (Å²) in [7, 11) is 0. The molecule has 5 heteroatoms. The summed E-state index contributed by atoms with van der Waals surface area (Å²) in [6.07, 6.45) is 2.84. The standard InChI is InChI=1S/C18H21N3O2/c1-3-8-13(2)9-6-7-12-19-17(22)16-18(23)21-15-11-5-4-10-14(15)20-16/h4-5,10-11,13H,6-7,9,12H2,1-2H3,(H,19,22)(H,21,23)/t13-/m1/s1. The maximum Gasteiger partial charge on any atom is 0.280 e. The summed E-state index contributed by atoms with van der Waals surface area (Å²) in [6, 6.07) is 7.14. The highest BCUT2D eigenvalue weighted by atomic mass is 16.2. The van der Waals surface area contributed by atoms with Crippen molar-refractivity contribution in [2.45, 2.75) is 33.1 Å². The van der Waals surface area contributed by atoms with Gasteiger partial charge in [-0.15, -0.1) is 11.8 Å². The van der Waals surface area contributed by atoms with Gasteiger partial charge in [0.05, 0.1) is 11.0 Å². The third kappa shape index (κ3) is 4.68. The molecule has 0 aliphatic carbocycles. The van der Waals surface area contributed by atoms with Crippen LogP contribution in [0, 0.1) is 17.8 Å². The van der Waals surface area contributed by atoms with Crippen molar-refractivity contribution in [2.75, 3.05) is 6.54 Å². The molecule has 23 heavy (non-hydrogen) atoms. The molecule has 0 fully saturated rings. The van der Waals surface area contributed by atoms with Crippen molar-refractivity contribution in [2.24, 2.45) is 5.92 Å². The Kier molecular flexibility index (Phi) is 5.93. The molecule has 1 aromatic heterocycles. The molecule has 0 aliphatic rings. The van der Waals surface area contributed by atoms with Crippen LogP contribution in [0.25, 0.3) is 11.0 Å². The molecule has 1 heterocycles. The van der Waals surface area contributed by atoms with Crippen molar-refractivity contribution >= 4 is 16.9 Å². The third-order valence-corrected chi connectivity index (χ3v) is 3.55. The summed E-state index contributed by atoms with van der Waals surface area (Å²) in [4.78, 5) is 30.9. The molecule has 0 bridgehead atoms. The van der Waals surface area contributed by atoms with Crippen molar-refractivity contribution < 1.29 is 4.79 Å². The predicted molar refractivity (Wildman–Crippen MR) is 91.2 cm³/mol. The summed E-state index contributed by atoms with van der Waals surface area (Å²) in [5.41, 5.74) is 0.672. The van der Waals surface area contributed by atoms with Crippen LogP contribution < -0.4 is 10.9 Å². The van der Waals surface area contributed by atoms with E-state index in [1.807, 2.05) is 19.1 Å². The molecule has 2 aromatic rings. The molecular formula is C18H21N3O2. The number of unbranched alkanes of at least 4 members (excludes halogenated alkanes) is 1. The fourth-order valence-corrected chi connectivity index (χ4v) is 2.36. The zero-order valence-corrected chi connectivity index (χ0v) is 13.5. The molecule has 1 atom stereocenters. The van der Waals surface area contributed by atoms with Gasteiger partial charge in [-0.05, 0) is 31.9 Å². The van der Waals surface area contributed by atoms with Crippen LogP contribution >= 0.6 is 0 Å². The lowest BCUT2D eigenvalue weighted by atomic mass is 10.1. The van der Waals surface area contributed by atoms with Crippen molar-refractivity contribution in [1.29, 1.82) is 0 Å². The summed E-state index contributed by atoms with van der Waals surface area (Å²) < 4.78 is 0. The van der Waals surface area contributed by atoms with Crippen LogP contribution in [0.1, 0.15) is 43.6 Å². The number of carbonyl (C=O) groups excluding carboxylic acids is 1. The molecule has 1 aromatic carbocycles. The number of para-hydroxylation sites is 2. The predicted octanol–water partition coefficient (Wildman–Crippen LogP) is 2.48. The van der Waals surface area contributed by atoms with Crippen molar-refractivity contribution in [3.63, 3.8) is 0 Å². The van der Waals surface area contributed by atoms with Gasteiger partial charge in [-0.1, -0.05) is 25.5 Å². The maximum absolute atomic E-state index is 12.1. The number of H-pyrrole nitrogens is 1. The van der Waals surface area contributed by atoms with Crippen molar-refractivity contribution in [3.05, 3.63) is 40.3 Å². The van der Waals surface area contributed by atoms with Gasteiger partial charge in [0.15, 0.2) is 5.69 Å². The first-order chi connectivity index (χ1) is 11.1. The summed E-state index contributed by atoms with van der Waals surface area (Å²) in [5, 5.41) is 2.75. The van der Waals surface area contributed by atoms with E-state index in [0.717, 1.165) is 19.3 Å². The number of nitrogens with one attached hydrogen (secondary N) is 2. The van der Waals surface area contributed by atoms with Gasteiger partial charge in [0, 0.05) is 12.5 Å². The molecule has 5 nitrogen and oxygen atoms in total.